The van der Waals surface area contributed by atoms with Gasteiger partial charge in [0, 0.05) is 44.8 Å². The molecule has 3 aromatic rings. The van der Waals surface area contributed by atoms with Crippen LogP contribution in [0.1, 0.15) is 33.4 Å². The van der Waals surface area contributed by atoms with E-state index in [1.54, 1.807) is 17.2 Å². The van der Waals surface area contributed by atoms with Crippen LogP contribution in [0, 0.1) is 6.92 Å². The summed E-state index contributed by atoms with van der Waals surface area (Å²) in [5.74, 6) is -3.53. The molecule has 41 heavy (non-hydrogen) atoms. The van der Waals surface area contributed by atoms with Crippen LogP contribution in [-0.2, 0) is 35.8 Å². The predicted molar refractivity (Wildman–Crippen MR) is 127 cm³/mol. The topological polar surface area (TPSA) is 142 Å². The largest absolute Gasteiger partial charge is 0.490 e. The molecule has 2 N–H and O–H groups in total. The van der Waals surface area contributed by atoms with Crippen LogP contribution in [0.25, 0.3) is 0 Å². The highest BCUT2D eigenvalue weighted by molar-refractivity contribution is 5.91. The normalized spacial score (nSPS) is 13.0. The second kappa shape index (κ2) is 13.8. The van der Waals surface area contributed by atoms with Gasteiger partial charge >= 0.3 is 24.3 Å². The number of amides is 1. The minimum absolute atomic E-state index is 0.0763. The van der Waals surface area contributed by atoms with E-state index in [1.807, 2.05) is 25.3 Å². The zero-order valence-corrected chi connectivity index (χ0v) is 21.6. The Labute approximate surface area is 228 Å². The third-order valence-electron chi connectivity index (χ3n) is 5.18. The van der Waals surface area contributed by atoms with Gasteiger partial charge in [-0.25, -0.2) is 14.6 Å². The van der Waals surface area contributed by atoms with E-state index in [4.69, 9.17) is 29.2 Å². The number of carbonyl (C=O) groups is 3. The Morgan fingerprint density at radius 3 is 2.10 bits per heavy atom. The van der Waals surface area contributed by atoms with Crippen molar-refractivity contribution >= 4 is 17.8 Å². The summed E-state index contributed by atoms with van der Waals surface area (Å²) in [7, 11) is 2.07. The number of nitrogens with zero attached hydrogens (tertiary/aromatic N) is 5. The maximum atomic E-state index is 12.6. The van der Waals surface area contributed by atoms with Crippen LogP contribution in [-0.4, -0.2) is 78.3 Å². The molecule has 4 heterocycles. The first-order valence-electron chi connectivity index (χ1n) is 11.6. The smallest absolute Gasteiger partial charge is 0.475 e. The number of fused-ring (bicyclic) bond motifs is 1. The molecule has 1 aliphatic heterocycles. The average molecular weight is 593 g/mol. The summed E-state index contributed by atoms with van der Waals surface area (Å²) in [5, 5.41) is 14.2. The summed E-state index contributed by atoms with van der Waals surface area (Å²) >= 11 is 0. The molecule has 0 aliphatic carbocycles. The number of aryl methyl sites for hydroxylation is 1. The first-order chi connectivity index (χ1) is 19.0. The molecular formula is C24H25F6N5O6. The van der Waals surface area contributed by atoms with Gasteiger partial charge in [-0.15, -0.1) is 0 Å². The average Bonchev–Trinajstić information content (AvgIpc) is 3.48. The maximum Gasteiger partial charge on any atom is 0.490 e. The fraction of sp³-hybridized carbons (Fsp3) is 0.375. The van der Waals surface area contributed by atoms with E-state index in [9.17, 15) is 31.1 Å². The standard InChI is InChI=1S/C20H23N5O2.2C2HF3O2/c1-15-5-6-18(27-15)20(26)25-9-8-24-13-17(22-19(24)14-25)12-23(2)11-16-4-3-7-21-10-16;2*3-2(4,5)1(6)7/h3-7,10,13H,8-9,11-12,14H2,1-2H3;2*(H,6,7). The van der Waals surface area contributed by atoms with Crippen LogP contribution in [0.2, 0.25) is 0 Å². The van der Waals surface area contributed by atoms with Crippen LogP contribution in [0.3, 0.4) is 0 Å². The molecule has 0 saturated carbocycles. The van der Waals surface area contributed by atoms with Gasteiger partial charge in [-0.05, 0) is 37.7 Å². The van der Waals surface area contributed by atoms with Crippen LogP contribution in [0.5, 0.6) is 0 Å². The molecule has 11 nitrogen and oxygen atoms in total. The first-order valence-corrected chi connectivity index (χ1v) is 11.6. The van der Waals surface area contributed by atoms with Gasteiger partial charge in [-0.2, -0.15) is 26.3 Å². The van der Waals surface area contributed by atoms with Gasteiger partial charge in [-0.1, -0.05) is 6.07 Å². The molecule has 4 rings (SSSR count). The number of hydrogen-bond donors (Lipinski definition) is 2. The lowest BCUT2D eigenvalue weighted by Crippen LogP contribution is -2.38. The Hall–Kier alpha value is -4.41. The maximum absolute atomic E-state index is 12.6. The number of pyridine rings is 1. The second-order valence-corrected chi connectivity index (χ2v) is 8.62. The summed E-state index contributed by atoms with van der Waals surface area (Å²) in [6.07, 6.45) is -4.41. The van der Waals surface area contributed by atoms with E-state index >= 15 is 0 Å². The van der Waals surface area contributed by atoms with Crippen molar-refractivity contribution in [3.63, 3.8) is 0 Å². The Morgan fingerprint density at radius 2 is 1.61 bits per heavy atom. The number of alkyl halides is 6. The van der Waals surface area contributed by atoms with Crippen molar-refractivity contribution in [2.75, 3.05) is 13.6 Å². The first kappa shape index (κ1) is 32.8. The Balaban J connectivity index is 0.000000349. The van der Waals surface area contributed by atoms with Crippen molar-refractivity contribution in [2.24, 2.45) is 0 Å². The molecule has 224 valence electrons. The monoisotopic (exact) mass is 593 g/mol. The molecule has 0 spiro atoms. The van der Waals surface area contributed by atoms with Gasteiger partial charge in [0.25, 0.3) is 5.91 Å². The van der Waals surface area contributed by atoms with Crippen LogP contribution in [0.4, 0.5) is 26.3 Å². The lowest BCUT2D eigenvalue weighted by molar-refractivity contribution is -0.193. The van der Waals surface area contributed by atoms with Crippen molar-refractivity contribution in [1.29, 1.82) is 0 Å². The van der Waals surface area contributed by atoms with E-state index in [0.29, 0.717) is 18.8 Å². The second-order valence-electron chi connectivity index (χ2n) is 8.62. The van der Waals surface area contributed by atoms with E-state index in [2.05, 4.69) is 33.8 Å². The number of carboxylic acid groups (broad SMARTS) is 2. The number of aliphatic carboxylic acids is 2. The van der Waals surface area contributed by atoms with Crippen molar-refractivity contribution in [3.8, 4) is 0 Å². The van der Waals surface area contributed by atoms with Crippen molar-refractivity contribution in [1.82, 2.24) is 24.3 Å². The minimum atomic E-state index is -5.08. The number of halogens is 6. The van der Waals surface area contributed by atoms with E-state index in [-0.39, 0.29) is 5.91 Å². The summed E-state index contributed by atoms with van der Waals surface area (Å²) in [6.45, 7) is 5.32. The van der Waals surface area contributed by atoms with Crippen molar-refractivity contribution in [2.45, 2.75) is 45.5 Å². The van der Waals surface area contributed by atoms with Gasteiger partial charge in [0.05, 0.1) is 12.2 Å². The number of carboxylic acids is 2. The van der Waals surface area contributed by atoms with Crippen LogP contribution < -0.4 is 0 Å². The molecular weight excluding hydrogens is 568 g/mol. The zero-order valence-electron chi connectivity index (χ0n) is 21.6. The van der Waals surface area contributed by atoms with Gasteiger partial charge in [0.1, 0.15) is 11.6 Å². The number of rotatable bonds is 5. The van der Waals surface area contributed by atoms with Crippen molar-refractivity contribution in [3.05, 3.63) is 71.5 Å². The summed E-state index contributed by atoms with van der Waals surface area (Å²) in [5.41, 5.74) is 2.19. The number of aromatic nitrogens is 3. The third kappa shape index (κ3) is 10.6. The predicted octanol–water partition coefficient (Wildman–Crippen LogP) is 3.73. The molecule has 0 atom stereocenters. The fourth-order valence-electron chi connectivity index (χ4n) is 3.40. The lowest BCUT2D eigenvalue weighted by Gasteiger charge is -2.26. The molecule has 0 unspecified atom stereocenters. The number of hydrogen-bond acceptors (Lipinski definition) is 7. The Kier molecular flexibility index (Phi) is 11.0. The molecule has 0 aromatic carbocycles. The highest BCUT2D eigenvalue weighted by Crippen LogP contribution is 2.18. The van der Waals surface area contributed by atoms with Crippen LogP contribution >= 0.6 is 0 Å². The molecule has 17 heteroatoms. The lowest BCUT2D eigenvalue weighted by atomic mass is 10.2. The van der Waals surface area contributed by atoms with Crippen molar-refractivity contribution < 1.29 is 55.4 Å². The van der Waals surface area contributed by atoms with E-state index in [0.717, 1.165) is 36.9 Å². The van der Waals surface area contributed by atoms with E-state index < -0.39 is 24.3 Å². The number of imidazole rings is 1. The zero-order chi connectivity index (χ0) is 31.0. The molecule has 0 fully saturated rings. The highest BCUT2D eigenvalue weighted by Gasteiger charge is 2.38. The summed E-state index contributed by atoms with van der Waals surface area (Å²) in [4.78, 5) is 43.3. The Bertz CT molecular complexity index is 1300. The minimum Gasteiger partial charge on any atom is -0.475 e. The van der Waals surface area contributed by atoms with Gasteiger partial charge in [0.2, 0.25) is 0 Å². The molecule has 0 radical (unpaired) electrons. The van der Waals surface area contributed by atoms with Gasteiger partial charge in [-0.3, -0.25) is 14.7 Å². The summed E-state index contributed by atoms with van der Waals surface area (Å²) < 4.78 is 71.1. The SMILES string of the molecule is Cc1ccc(C(=O)N2CCn3cc(CN(C)Cc4cccnc4)nc3C2)o1.O=C(O)C(F)(F)F.O=C(O)C(F)(F)F. The Morgan fingerprint density at radius 1 is 1.00 bits per heavy atom. The van der Waals surface area contributed by atoms with Gasteiger partial charge < -0.3 is 24.1 Å². The van der Waals surface area contributed by atoms with Crippen LogP contribution in [0.15, 0.2) is 47.3 Å². The highest BCUT2D eigenvalue weighted by atomic mass is 19.4. The number of carbonyl (C=O) groups excluding carboxylic acids is 1. The fourth-order valence-corrected chi connectivity index (χ4v) is 3.40. The quantitative estimate of drug-likeness (QED) is 0.423. The van der Waals surface area contributed by atoms with E-state index in [1.165, 1.54) is 5.56 Å². The van der Waals surface area contributed by atoms with Gasteiger partial charge in [0.15, 0.2) is 5.76 Å². The summed E-state index contributed by atoms with van der Waals surface area (Å²) in [6, 6.07) is 7.57. The third-order valence-corrected chi connectivity index (χ3v) is 5.18. The molecule has 1 aliphatic rings. The number of furan rings is 1. The molecule has 0 bridgehead atoms. The molecule has 0 saturated heterocycles. The molecule has 1 amide bonds. The molecule has 3 aromatic heterocycles.